The van der Waals surface area contributed by atoms with Crippen LogP contribution in [-0.2, 0) is 11.2 Å². The second kappa shape index (κ2) is 7.30. The summed E-state index contributed by atoms with van der Waals surface area (Å²) < 4.78 is 5.56. The van der Waals surface area contributed by atoms with E-state index in [1.807, 2.05) is 19.1 Å². The van der Waals surface area contributed by atoms with Crippen molar-refractivity contribution < 1.29 is 4.74 Å². The van der Waals surface area contributed by atoms with Crippen molar-refractivity contribution in [2.75, 3.05) is 31.7 Å². The molecule has 0 aromatic heterocycles. The maximum atomic E-state index is 6.12. The molecule has 2 N–H and O–H groups in total. The van der Waals surface area contributed by atoms with Gasteiger partial charge in [-0.1, -0.05) is 11.6 Å². The van der Waals surface area contributed by atoms with Crippen molar-refractivity contribution in [1.82, 2.24) is 0 Å². The fourth-order valence-electron chi connectivity index (χ4n) is 2.87. The highest BCUT2D eigenvalue weighted by atomic mass is 35.5. The minimum absolute atomic E-state index is 0.138. The Kier molecular flexibility index (Phi) is 5.70. The van der Waals surface area contributed by atoms with Gasteiger partial charge in [0, 0.05) is 37.0 Å². The Morgan fingerprint density at radius 2 is 2.30 bits per heavy atom. The number of hydrogen-bond donors (Lipinski definition) is 1. The van der Waals surface area contributed by atoms with Crippen LogP contribution in [0.2, 0.25) is 5.02 Å². The fourth-order valence-corrected chi connectivity index (χ4v) is 3.07. The first-order valence-corrected chi connectivity index (χ1v) is 7.77. The summed E-state index contributed by atoms with van der Waals surface area (Å²) in [6.45, 7) is 4.84. The predicted molar refractivity (Wildman–Crippen MR) is 85.6 cm³/mol. The highest BCUT2D eigenvalue weighted by Gasteiger charge is 2.18. The quantitative estimate of drug-likeness (QED) is 0.907. The number of anilines is 1. The summed E-state index contributed by atoms with van der Waals surface area (Å²) in [5, 5.41) is 0.777. The number of halogens is 1. The molecule has 1 aliphatic heterocycles. The van der Waals surface area contributed by atoms with Crippen LogP contribution in [0.5, 0.6) is 0 Å². The van der Waals surface area contributed by atoms with Gasteiger partial charge in [0.1, 0.15) is 0 Å². The van der Waals surface area contributed by atoms with Crippen molar-refractivity contribution in [1.29, 1.82) is 0 Å². The standard InChI is InChI=1S/C16H25ClN2O/c1-12(18)8-14-9-15(17)5-6-16(14)19(2)10-13-4-3-7-20-11-13/h5-6,9,12-13H,3-4,7-8,10-11,18H2,1-2H3. The van der Waals surface area contributed by atoms with Gasteiger partial charge in [0.05, 0.1) is 6.61 Å². The third-order valence-corrected chi connectivity index (χ3v) is 4.02. The number of ether oxygens (including phenoxy) is 1. The highest BCUT2D eigenvalue weighted by Crippen LogP contribution is 2.26. The predicted octanol–water partition coefficient (Wildman–Crippen LogP) is 3.09. The minimum Gasteiger partial charge on any atom is -0.381 e. The molecule has 1 heterocycles. The van der Waals surface area contributed by atoms with Gasteiger partial charge in [-0.25, -0.2) is 0 Å². The van der Waals surface area contributed by atoms with Gasteiger partial charge in [-0.3, -0.25) is 0 Å². The molecule has 2 atom stereocenters. The molecule has 2 rings (SSSR count). The van der Waals surface area contributed by atoms with Crippen LogP contribution in [0.3, 0.4) is 0 Å². The molecule has 0 spiro atoms. The van der Waals surface area contributed by atoms with Crippen LogP contribution in [0, 0.1) is 5.92 Å². The van der Waals surface area contributed by atoms with Crippen molar-refractivity contribution in [2.24, 2.45) is 11.7 Å². The van der Waals surface area contributed by atoms with E-state index in [0.717, 1.165) is 31.2 Å². The van der Waals surface area contributed by atoms with Gasteiger partial charge in [-0.05, 0) is 55.9 Å². The Bertz CT molecular complexity index is 430. The highest BCUT2D eigenvalue weighted by molar-refractivity contribution is 6.30. The molecule has 2 unspecified atom stereocenters. The van der Waals surface area contributed by atoms with Crippen LogP contribution in [-0.4, -0.2) is 32.8 Å². The summed E-state index contributed by atoms with van der Waals surface area (Å²) in [5.41, 5.74) is 8.41. The first kappa shape index (κ1) is 15.6. The van der Waals surface area contributed by atoms with Gasteiger partial charge in [-0.2, -0.15) is 0 Å². The molecular weight excluding hydrogens is 272 g/mol. The number of nitrogens with two attached hydrogens (primary N) is 1. The van der Waals surface area contributed by atoms with Gasteiger partial charge < -0.3 is 15.4 Å². The lowest BCUT2D eigenvalue weighted by Crippen LogP contribution is -2.31. The fraction of sp³-hybridized carbons (Fsp3) is 0.625. The largest absolute Gasteiger partial charge is 0.381 e. The molecule has 1 fully saturated rings. The molecule has 0 aliphatic carbocycles. The van der Waals surface area contributed by atoms with E-state index in [4.69, 9.17) is 22.1 Å². The van der Waals surface area contributed by atoms with Gasteiger partial charge in [0.2, 0.25) is 0 Å². The van der Waals surface area contributed by atoms with Crippen molar-refractivity contribution in [2.45, 2.75) is 32.2 Å². The first-order chi connectivity index (χ1) is 9.56. The SMILES string of the molecule is CC(N)Cc1cc(Cl)ccc1N(C)CC1CCCOC1. The summed E-state index contributed by atoms with van der Waals surface area (Å²) in [4.78, 5) is 2.31. The monoisotopic (exact) mass is 296 g/mol. The molecule has 20 heavy (non-hydrogen) atoms. The Morgan fingerprint density at radius 3 is 2.95 bits per heavy atom. The molecule has 4 heteroatoms. The molecule has 112 valence electrons. The third-order valence-electron chi connectivity index (χ3n) is 3.78. The van der Waals surface area contributed by atoms with Crippen LogP contribution in [0.4, 0.5) is 5.69 Å². The molecule has 3 nitrogen and oxygen atoms in total. The molecule has 0 bridgehead atoms. The minimum atomic E-state index is 0.138. The second-order valence-electron chi connectivity index (χ2n) is 5.92. The average molecular weight is 297 g/mol. The lowest BCUT2D eigenvalue weighted by atomic mass is 10.00. The van der Waals surface area contributed by atoms with Crippen molar-refractivity contribution in [3.63, 3.8) is 0 Å². The summed E-state index contributed by atoms with van der Waals surface area (Å²) in [6, 6.07) is 6.23. The van der Waals surface area contributed by atoms with E-state index in [1.54, 1.807) is 0 Å². The Labute approximate surface area is 127 Å². The van der Waals surface area contributed by atoms with Gasteiger partial charge in [0.15, 0.2) is 0 Å². The Morgan fingerprint density at radius 1 is 1.50 bits per heavy atom. The summed E-state index contributed by atoms with van der Waals surface area (Å²) >= 11 is 6.12. The van der Waals surface area contributed by atoms with Crippen LogP contribution < -0.4 is 10.6 Å². The zero-order valence-corrected chi connectivity index (χ0v) is 13.2. The molecule has 1 aromatic carbocycles. The molecule has 1 saturated heterocycles. The van der Waals surface area contributed by atoms with Crippen molar-refractivity contribution in [3.8, 4) is 0 Å². The molecular formula is C16H25ClN2O. The average Bonchev–Trinajstić information content (AvgIpc) is 2.39. The number of hydrogen-bond acceptors (Lipinski definition) is 3. The topological polar surface area (TPSA) is 38.5 Å². The molecule has 1 aromatic rings. The molecule has 0 saturated carbocycles. The number of benzene rings is 1. The van der Waals surface area contributed by atoms with Gasteiger partial charge in [0.25, 0.3) is 0 Å². The lowest BCUT2D eigenvalue weighted by Gasteiger charge is -2.30. The van der Waals surface area contributed by atoms with Crippen molar-refractivity contribution >= 4 is 17.3 Å². The van der Waals surface area contributed by atoms with Crippen LogP contribution in [0.25, 0.3) is 0 Å². The van der Waals surface area contributed by atoms with Crippen molar-refractivity contribution in [3.05, 3.63) is 28.8 Å². The maximum Gasteiger partial charge on any atom is 0.0511 e. The molecule has 1 aliphatic rings. The van der Waals surface area contributed by atoms with Crippen LogP contribution in [0.15, 0.2) is 18.2 Å². The van der Waals surface area contributed by atoms with E-state index in [0.29, 0.717) is 5.92 Å². The van der Waals surface area contributed by atoms with E-state index in [2.05, 4.69) is 18.0 Å². The Balaban J connectivity index is 2.09. The van der Waals surface area contributed by atoms with E-state index < -0.39 is 0 Å². The lowest BCUT2D eigenvalue weighted by molar-refractivity contribution is 0.0576. The maximum absolute atomic E-state index is 6.12. The van der Waals surface area contributed by atoms with Gasteiger partial charge >= 0.3 is 0 Å². The third kappa shape index (κ3) is 4.37. The number of nitrogens with zero attached hydrogens (tertiary/aromatic N) is 1. The normalized spacial score (nSPS) is 20.7. The zero-order chi connectivity index (χ0) is 14.5. The van der Waals surface area contributed by atoms with Crippen LogP contribution >= 0.6 is 11.6 Å². The summed E-state index contributed by atoms with van der Waals surface area (Å²) in [6.07, 6.45) is 3.27. The molecule has 0 radical (unpaired) electrons. The first-order valence-electron chi connectivity index (χ1n) is 7.39. The van der Waals surface area contributed by atoms with E-state index in [1.165, 1.54) is 24.1 Å². The Hall–Kier alpha value is -0.770. The smallest absolute Gasteiger partial charge is 0.0511 e. The van der Waals surface area contributed by atoms with E-state index in [9.17, 15) is 0 Å². The van der Waals surface area contributed by atoms with E-state index >= 15 is 0 Å². The number of rotatable bonds is 5. The second-order valence-corrected chi connectivity index (χ2v) is 6.35. The molecule has 0 amide bonds. The summed E-state index contributed by atoms with van der Waals surface area (Å²) in [5.74, 6) is 0.618. The summed E-state index contributed by atoms with van der Waals surface area (Å²) in [7, 11) is 2.14. The van der Waals surface area contributed by atoms with Gasteiger partial charge in [-0.15, -0.1) is 0 Å². The van der Waals surface area contributed by atoms with Crippen LogP contribution in [0.1, 0.15) is 25.3 Å². The zero-order valence-electron chi connectivity index (χ0n) is 12.4. The van der Waals surface area contributed by atoms with E-state index in [-0.39, 0.29) is 6.04 Å².